The zero-order valence-electron chi connectivity index (χ0n) is 16.6. The summed E-state index contributed by atoms with van der Waals surface area (Å²) in [5.41, 5.74) is 1.44. The van der Waals surface area contributed by atoms with Gasteiger partial charge >= 0.3 is 0 Å². The van der Waals surface area contributed by atoms with Crippen LogP contribution in [0.4, 0.5) is 4.39 Å². The molecule has 1 atom stereocenters. The lowest BCUT2D eigenvalue weighted by molar-refractivity contribution is -0.148. The number of rotatable bonds is 4. The van der Waals surface area contributed by atoms with E-state index in [9.17, 15) is 19.2 Å². The number of nitrogens with zero attached hydrogens (tertiary/aromatic N) is 2. The average Bonchev–Trinajstić information content (AvgIpc) is 2.74. The maximum Gasteiger partial charge on any atom is 0.271 e. The molecule has 5 nitrogen and oxygen atoms in total. The van der Waals surface area contributed by atoms with Crippen LogP contribution in [0.2, 0.25) is 0 Å². The molecule has 2 aromatic rings. The lowest BCUT2D eigenvalue weighted by Crippen LogP contribution is -2.65. The second-order valence-electron chi connectivity index (χ2n) is 7.16. The summed E-state index contributed by atoms with van der Waals surface area (Å²) in [6.07, 6.45) is 0.679. The van der Waals surface area contributed by atoms with Gasteiger partial charge in [0.05, 0.1) is 11.6 Å². The van der Waals surface area contributed by atoms with Gasteiger partial charge in [-0.1, -0.05) is 37.3 Å². The SMILES string of the molecule is CCC1(Cc2ccc(F)cc2)C(=O)NC(=C(C)c2ccccc2C#N)C(=O)N1C. The van der Waals surface area contributed by atoms with Crippen LogP contribution in [0.1, 0.15) is 37.0 Å². The summed E-state index contributed by atoms with van der Waals surface area (Å²) in [5.74, 6) is -0.970. The lowest BCUT2D eigenvalue weighted by atomic mass is 9.83. The monoisotopic (exact) mass is 391 g/mol. The van der Waals surface area contributed by atoms with Crippen molar-refractivity contribution < 1.29 is 14.0 Å². The molecule has 1 aliphatic rings. The van der Waals surface area contributed by atoms with Gasteiger partial charge in [0.25, 0.3) is 11.8 Å². The number of nitrogens with one attached hydrogen (secondary N) is 1. The van der Waals surface area contributed by atoms with E-state index in [4.69, 9.17) is 0 Å². The second kappa shape index (κ2) is 7.88. The quantitative estimate of drug-likeness (QED) is 0.812. The first-order valence-electron chi connectivity index (χ1n) is 9.38. The minimum absolute atomic E-state index is 0.170. The van der Waals surface area contributed by atoms with Crippen LogP contribution in [0, 0.1) is 17.1 Å². The van der Waals surface area contributed by atoms with Crippen molar-refractivity contribution in [1.82, 2.24) is 10.2 Å². The molecule has 1 aliphatic heterocycles. The van der Waals surface area contributed by atoms with Crippen LogP contribution in [0.5, 0.6) is 0 Å². The largest absolute Gasteiger partial charge is 0.325 e. The molecule has 0 aliphatic carbocycles. The zero-order chi connectivity index (χ0) is 21.2. The van der Waals surface area contributed by atoms with Crippen LogP contribution in [0.3, 0.4) is 0 Å². The first kappa shape index (κ1) is 20.3. The molecule has 6 heteroatoms. The highest BCUT2D eigenvalue weighted by Gasteiger charge is 2.48. The number of benzene rings is 2. The van der Waals surface area contributed by atoms with Crippen LogP contribution in [-0.2, 0) is 16.0 Å². The molecular formula is C23H22FN3O2. The molecule has 2 aromatic carbocycles. The fraction of sp³-hybridized carbons (Fsp3) is 0.261. The van der Waals surface area contributed by atoms with Crippen molar-refractivity contribution >= 4 is 17.4 Å². The van der Waals surface area contributed by atoms with Gasteiger partial charge in [0.1, 0.15) is 17.1 Å². The van der Waals surface area contributed by atoms with E-state index in [0.717, 1.165) is 5.56 Å². The summed E-state index contributed by atoms with van der Waals surface area (Å²) in [6.45, 7) is 3.57. The number of halogens is 1. The number of likely N-dealkylation sites (N-methyl/N-ethyl adjacent to an activating group) is 1. The van der Waals surface area contributed by atoms with Crippen molar-refractivity contribution in [2.45, 2.75) is 32.2 Å². The summed E-state index contributed by atoms with van der Waals surface area (Å²) < 4.78 is 13.2. The third kappa shape index (κ3) is 3.52. The second-order valence-corrected chi connectivity index (χ2v) is 7.16. The fourth-order valence-corrected chi connectivity index (χ4v) is 3.76. The maximum atomic E-state index is 13.2. The van der Waals surface area contributed by atoms with Crippen molar-refractivity contribution in [1.29, 1.82) is 5.26 Å². The predicted molar refractivity (Wildman–Crippen MR) is 108 cm³/mol. The number of carbonyl (C=O) groups is 2. The molecular weight excluding hydrogens is 369 g/mol. The molecule has 2 amide bonds. The Labute approximate surface area is 169 Å². The molecule has 29 heavy (non-hydrogen) atoms. The Bertz CT molecular complexity index is 1040. The molecule has 1 saturated heterocycles. The molecule has 0 saturated carbocycles. The summed E-state index contributed by atoms with van der Waals surface area (Å²) in [5, 5.41) is 12.1. The topological polar surface area (TPSA) is 73.2 Å². The number of piperazine rings is 1. The third-order valence-electron chi connectivity index (χ3n) is 5.64. The standard InChI is InChI=1S/C23H22FN3O2/c1-4-23(13-16-9-11-18(24)12-10-16)22(29)26-20(21(28)27(23)3)15(2)19-8-6-5-7-17(19)14-25/h5-12H,4,13H2,1-3H3,(H,26,29). The number of carbonyl (C=O) groups excluding carboxylic acids is 2. The molecule has 0 radical (unpaired) electrons. The van der Waals surface area contributed by atoms with Gasteiger partial charge in [0, 0.05) is 13.5 Å². The maximum absolute atomic E-state index is 13.2. The minimum Gasteiger partial charge on any atom is -0.325 e. The first-order chi connectivity index (χ1) is 13.8. The van der Waals surface area contributed by atoms with Gasteiger partial charge in [-0.3, -0.25) is 9.59 Å². The number of allylic oxidation sites excluding steroid dienone is 1. The smallest absolute Gasteiger partial charge is 0.271 e. The number of amides is 2. The van der Waals surface area contributed by atoms with Crippen LogP contribution in [0.25, 0.3) is 5.57 Å². The Morgan fingerprint density at radius 2 is 1.83 bits per heavy atom. The summed E-state index contributed by atoms with van der Waals surface area (Å²) in [7, 11) is 1.61. The highest BCUT2D eigenvalue weighted by atomic mass is 19.1. The van der Waals surface area contributed by atoms with Crippen molar-refractivity contribution in [2.24, 2.45) is 0 Å². The average molecular weight is 391 g/mol. The van der Waals surface area contributed by atoms with Gasteiger partial charge < -0.3 is 10.2 Å². The molecule has 1 heterocycles. The van der Waals surface area contributed by atoms with E-state index >= 15 is 0 Å². The molecule has 1 N–H and O–H groups in total. The van der Waals surface area contributed by atoms with E-state index in [2.05, 4.69) is 11.4 Å². The highest BCUT2D eigenvalue weighted by molar-refractivity contribution is 6.10. The number of hydrogen-bond acceptors (Lipinski definition) is 3. The first-order valence-corrected chi connectivity index (χ1v) is 9.38. The van der Waals surface area contributed by atoms with Gasteiger partial charge in [0.2, 0.25) is 0 Å². The van der Waals surface area contributed by atoms with E-state index in [1.165, 1.54) is 17.0 Å². The van der Waals surface area contributed by atoms with Gasteiger partial charge in [-0.15, -0.1) is 0 Å². The number of nitriles is 1. The van der Waals surface area contributed by atoms with Crippen LogP contribution in [-0.4, -0.2) is 29.3 Å². The van der Waals surface area contributed by atoms with E-state index < -0.39 is 5.54 Å². The Balaban J connectivity index is 2.02. The van der Waals surface area contributed by atoms with Gasteiger partial charge in [0.15, 0.2) is 0 Å². The summed E-state index contributed by atoms with van der Waals surface area (Å²) in [4.78, 5) is 27.9. The van der Waals surface area contributed by atoms with Crippen molar-refractivity contribution in [2.75, 3.05) is 7.05 Å². The van der Waals surface area contributed by atoms with Crippen LogP contribution in [0.15, 0.2) is 54.2 Å². The van der Waals surface area contributed by atoms with Crippen LogP contribution >= 0.6 is 0 Å². The summed E-state index contributed by atoms with van der Waals surface area (Å²) >= 11 is 0. The van der Waals surface area contributed by atoms with E-state index in [1.807, 2.05) is 6.92 Å². The molecule has 148 valence electrons. The third-order valence-corrected chi connectivity index (χ3v) is 5.64. The fourth-order valence-electron chi connectivity index (χ4n) is 3.76. The Morgan fingerprint density at radius 3 is 2.45 bits per heavy atom. The Kier molecular flexibility index (Phi) is 5.51. The van der Waals surface area contributed by atoms with Gasteiger partial charge in [-0.05, 0) is 48.2 Å². The van der Waals surface area contributed by atoms with Crippen molar-refractivity contribution in [3.8, 4) is 6.07 Å². The predicted octanol–water partition coefficient (Wildman–Crippen LogP) is 3.41. The van der Waals surface area contributed by atoms with Gasteiger partial charge in [-0.25, -0.2) is 4.39 Å². The normalized spacial score (nSPS) is 20.9. The number of hydrogen-bond donors (Lipinski definition) is 1. The van der Waals surface area contributed by atoms with E-state index in [0.29, 0.717) is 23.1 Å². The molecule has 1 fully saturated rings. The molecule has 3 rings (SSSR count). The molecule has 1 unspecified atom stereocenters. The zero-order valence-corrected chi connectivity index (χ0v) is 16.6. The summed E-state index contributed by atoms with van der Waals surface area (Å²) in [6, 6.07) is 15.0. The molecule has 0 aromatic heterocycles. The molecule has 0 bridgehead atoms. The Morgan fingerprint density at radius 1 is 1.17 bits per heavy atom. The Hall–Kier alpha value is -3.46. The van der Waals surface area contributed by atoms with Crippen LogP contribution < -0.4 is 5.32 Å². The molecule has 0 spiro atoms. The minimum atomic E-state index is -1.08. The van der Waals surface area contributed by atoms with Gasteiger partial charge in [-0.2, -0.15) is 5.26 Å². The highest BCUT2D eigenvalue weighted by Crippen LogP contribution is 2.32. The van der Waals surface area contributed by atoms with Crippen molar-refractivity contribution in [3.05, 3.63) is 76.7 Å². The lowest BCUT2D eigenvalue weighted by Gasteiger charge is -2.44. The van der Waals surface area contributed by atoms with E-state index in [1.54, 1.807) is 50.4 Å². The van der Waals surface area contributed by atoms with E-state index in [-0.39, 0.29) is 29.7 Å². The van der Waals surface area contributed by atoms with Crippen molar-refractivity contribution in [3.63, 3.8) is 0 Å².